The first kappa shape index (κ1) is 16.7. The summed E-state index contributed by atoms with van der Waals surface area (Å²) in [5, 5.41) is 32.5. The largest absolute Gasteiger partial charge is 0.479 e. The minimum absolute atomic E-state index is 0.211. The van der Waals surface area contributed by atoms with Crippen LogP contribution < -0.4 is 0 Å². The van der Waals surface area contributed by atoms with E-state index in [9.17, 15) is 14.4 Å². The summed E-state index contributed by atoms with van der Waals surface area (Å²) in [6.45, 7) is 3.65. The number of carbonyl (C=O) groups is 3. The number of esters is 1. The van der Waals surface area contributed by atoms with Crippen LogP contribution in [-0.2, 0) is 19.1 Å². The highest BCUT2D eigenvalue weighted by Crippen LogP contribution is 1.92. The van der Waals surface area contributed by atoms with Crippen LogP contribution in [0, 0.1) is 0 Å². The summed E-state index contributed by atoms with van der Waals surface area (Å²) < 4.78 is 4.40. The lowest BCUT2D eigenvalue weighted by Crippen LogP contribution is -2.39. The van der Waals surface area contributed by atoms with Gasteiger partial charge < -0.3 is 25.2 Å². The Labute approximate surface area is 91.1 Å². The highest BCUT2D eigenvalue weighted by Gasteiger charge is 2.29. The molecule has 0 saturated carbocycles. The summed E-state index contributed by atoms with van der Waals surface area (Å²) in [4.78, 5) is 29.4. The van der Waals surface area contributed by atoms with Gasteiger partial charge in [-0.15, -0.1) is 0 Å². The van der Waals surface area contributed by atoms with Crippen molar-refractivity contribution < 1.29 is 39.5 Å². The molecule has 0 spiro atoms. The van der Waals surface area contributed by atoms with Gasteiger partial charge in [0.05, 0.1) is 6.61 Å². The van der Waals surface area contributed by atoms with E-state index < -0.39 is 24.1 Å². The van der Waals surface area contributed by atoms with Gasteiger partial charge in [0.15, 0.2) is 12.2 Å². The van der Waals surface area contributed by atoms with Gasteiger partial charge >= 0.3 is 17.9 Å². The van der Waals surface area contributed by atoms with Gasteiger partial charge in [-0.1, -0.05) is 0 Å². The molecule has 8 nitrogen and oxygen atoms in total. The molecule has 0 radical (unpaired) electrons. The molecule has 0 aromatic heterocycles. The number of aliphatic carboxylic acids is 2. The fourth-order valence-electron chi connectivity index (χ4n) is 0.473. The predicted octanol–water partition coefficient (Wildman–Crippen LogP) is -1.55. The number of aliphatic hydroxyl groups is 2. The Bertz CT molecular complexity index is 230. The number of hydrogen-bond donors (Lipinski definition) is 4. The molecule has 16 heavy (non-hydrogen) atoms. The van der Waals surface area contributed by atoms with Crippen LogP contribution in [0.2, 0.25) is 0 Å². The topological polar surface area (TPSA) is 141 Å². The average Bonchev–Trinajstić information content (AvgIpc) is 2.15. The van der Waals surface area contributed by atoms with E-state index in [2.05, 4.69) is 4.74 Å². The Morgan fingerprint density at radius 2 is 1.38 bits per heavy atom. The van der Waals surface area contributed by atoms with E-state index in [1.807, 2.05) is 0 Å². The maximum Gasteiger partial charge on any atom is 0.335 e. The smallest absolute Gasteiger partial charge is 0.335 e. The van der Waals surface area contributed by atoms with Crippen LogP contribution in [-0.4, -0.2) is 57.1 Å². The van der Waals surface area contributed by atoms with Crippen molar-refractivity contribution in [2.24, 2.45) is 0 Å². The average molecular weight is 238 g/mol. The monoisotopic (exact) mass is 238 g/mol. The second kappa shape index (κ2) is 8.62. The van der Waals surface area contributed by atoms with E-state index in [1.165, 1.54) is 6.92 Å². The minimum atomic E-state index is -2.27. The lowest BCUT2D eigenvalue weighted by Gasteiger charge is -2.07. The molecule has 94 valence electrons. The van der Waals surface area contributed by atoms with Crippen LogP contribution in [0.15, 0.2) is 0 Å². The van der Waals surface area contributed by atoms with Gasteiger partial charge in [-0.25, -0.2) is 9.59 Å². The molecule has 0 rings (SSSR count). The molecule has 8 heteroatoms. The lowest BCUT2D eigenvalue weighted by molar-refractivity contribution is -0.165. The lowest BCUT2D eigenvalue weighted by atomic mass is 10.2. The molecule has 0 aliphatic carbocycles. The number of rotatable bonds is 4. The van der Waals surface area contributed by atoms with Crippen molar-refractivity contribution in [1.82, 2.24) is 0 Å². The summed E-state index contributed by atoms with van der Waals surface area (Å²) >= 11 is 0. The Morgan fingerprint density at radius 1 is 1.06 bits per heavy atom. The van der Waals surface area contributed by atoms with E-state index in [1.54, 1.807) is 6.92 Å². The maximum absolute atomic E-state index is 9.82. The molecule has 0 bridgehead atoms. The second-order valence-electron chi connectivity index (χ2n) is 2.49. The Hall–Kier alpha value is -1.67. The summed E-state index contributed by atoms with van der Waals surface area (Å²) in [5.74, 6) is -3.75. The minimum Gasteiger partial charge on any atom is -0.479 e. The van der Waals surface area contributed by atoms with Crippen molar-refractivity contribution in [1.29, 1.82) is 0 Å². The predicted molar refractivity (Wildman–Crippen MR) is 49.6 cm³/mol. The van der Waals surface area contributed by atoms with Crippen molar-refractivity contribution in [2.45, 2.75) is 26.1 Å². The number of aliphatic hydroxyl groups excluding tert-OH is 2. The second-order valence-corrected chi connectivity index (χ2v) is 2.49. The zero-order valence-electron chi connectivity index (χ0n) is 8.78. The van der Waals surface area contributed by atoms with Crippen LogP contribution >= 0.6 is 0 Å². The molecule has 0 amide bonds. The zero-order chi connectivity index (χ0) is 13.3. The van der Waals surface area contributed by atoms with Crippen molar-refractivity contribution >= 4 is 17.9 Å². The number of hydrogen-bond acceptors (Lipinski definition) is 6. The van der Waals surface area contributed by atoms with Gasteiger partial charge in [-0.2, -0.15) is 0 Å². The van der Waals surface area contributed by atoms with Crippen molar-refractivity contribution in [2.75, 3.05) is 6.61 Å². The van der Waals surface area contributed by atoms with E-state index >= 15 is 0 Å². The van der Waals surface area contributed by atoms with Gasteiger partial charge in [0.2, 0.25) is 0 Å². The fourth-order valence-corrected chi connectivity index (χ4v) is 0.473. The number of carboxylic acid groups (broad SMARTS) is 2. The van der Waals surface area contributed by atoms with Crippen molar-refractivity contribution in [3.05, 3.63) is 0 Å². The first-order chi connectivity index (χ1) is 7.23. The highest BCUT2D eigenvalue weighted by atomic mass is 16.5. The molecule has 2 atom stereocenters. The van der Waals surface area contributed by atoms with Gasteiger partial charge in [-0.3, -0.25) is 4.79 Å². The summed E-state index contributed by atoms with van der Waals surface area (Å²) in [5.41, 5.74) is 0. The third kappa shape index (κ3) is 8.91. The molecular formula is C8H14O8. The number of ether oxygens (including phenoxy) is 1. The fraction of sp³-hybridized carbons (Fsp3) is 0.625. The summed E-state index contributed by atoms with van der Waals surface area (Å²) in [6.07, 6.45) is -4.53. The van der Waals surface area contributed by atoms with Crippen molar-refractivity contribution in [3.63, 3.8) is 0 Å². The van der Waals surface area contributed by atoms with Gasteiger partial charge in [0.1, 0.15) is 0 Å². The van der Waals surface area contributed by atoms with Crippen molar-refractivity contribution in [3.8, 4) is 0 Å². The van der Waals surface area contributed by atoms with Crippen LogP contribution in [0.1, 0.15) is 13.8 Å². The summed E-state index contributed by atoms with van der Waals surface area (Å²) in [6, 6.07) is 0. The number of carbonyl (C=O) groups excluding carboxylic acids is 1. The first-order valence-electron chi connectivity index (χ1n) is 4.19. The van der Waals surface area contributed by atoms with Crippen LogP contribution in [0.25, 0.3) is 0 Å². The SMILES string of the molecule is CCOC(C)=O.O=C(O)[C@@H](O)[C@H](O)C(=O)O. The summed E-state index contributed by atoms with van der Waals surface area (Å²) in [7, 11) is 0. The van der Waals surface area contributed by atoms with Gasteiger partial charge in [0.25, 0.3) is 0 Å². The third-order valence-electron chi connectivity index (χ3n) is 1.15. The quantitative estimate of drug-likeness (QED) is 0.431. The standard InChI is InChI=1S/C4H6O6.C4H8O2/c5-1(3(7)8)2(6)4(9)10;1-3-6-4(2)5/h1-2,5-6H,(H,7,8)(H,9,10);3H2,1-2H3/t1-,2-;/m0./s1. The molecule has 0 aromatic rings. The number of carboxylic acids is 2. The maximum atomic E-state index is 9.82. The Morgan fingerprint density at radius 3 is 1.44 bits per heavy atom. The highest BCUT2D eigenvalue weighted by molar-refractivity contribution is 5.83. The first-order valence-corrected chi connectivity index (χ1v) is 4.19. The normalized spacial score (nSPS) is 12.8. The van der Waals surface area contributed by atoms with E-state index in [4.69, 9.17) is 20.4 Å². The molecule has 4 N–H and O–H groups in total. The van der Waals surface area contributed by atoms with E-state index in [-0.39, 0.29) is 5.97 Å². The molecule has 0 saturated heterocycles. The van der Waals surface area contributed by atoms with Crippen LogP contribution in [0.3, 0.4) is 0 Å². The third-order valence-corrected chi connectivity index (χ3v) is 1.15. The van der Waals surface area contributed by atoms with Gasteiger partial charge in [0, 0.05) is 6.92 Å². The molecule has 0 aliphatic heterocycles. The van der Waals surface area contributed by atoms with Gasteiger partial charge in [-0.05, 0) is 6.92 Å². The van der Waals surface area contributed by atoms with Crippen LogP contribution in [0.5, 0.6) is 0 Å². The Balaban J connectivity index is 0. The molecule has 0 fully saturated rings. The van der Waals surface area contributed by atoms with E-state index in [0.29, 0.717) is 6.61 Å². The molecule has 0 unspecified atom stereocenters. The van der Waals surface area contributed by atoms with E-state index in [0.717, 1.165) is 0 Å². The molecule has 0 heterocycles. The molecule has 0 aromatic carbocycles. The Kier molecular flexibility index (Phi) is 9.03. The van der Waals surface area contributed by atoms with Crippen LogP contribution in [0.4, 0.5) is 0 Å². The molecule has 0 aliphatic rings. The zero-order valence-corrected chi connectivity index (χ0v) is 8.78. The molecular weight excluding hydrogens is 224 g/mol.